The summed E-state index contributed by atoms with van der Waals surface area (Å²) in [7, 11) is 0. The second-order valence-electron chi connectivity index (χ2n) is 5.17. The van der Waals surface area contributed by atoms with Crippen molar-refractivity contribution in [3.63, 3.8) is 0 Å². The number of anilines is 1. The lowest BCUT2D eigenvalue weighted by Gasteiger charge is -2.12. The Bertz CT molecular complexity index is 689. The second kappa shape index (κ2) is 8.92. The van der Waals surface area contributed by atoms with Gasteiger partial charge in [0.15, 0.2) is 5.78 Å². The van der Waals surface area contributed by atoms with Gasteiger partial charge in [-0.05, 0) is 49.4 Å². The van der Waals surface area contributed by atoms with Gasteiger partial charge in [0.2, 0.25) is 0 Å². The third kappa shape index (κ3) is 4.87. The van der Waals surface area contributed by atoms with E-state index in [9.17, 15) is 9.90 Å². The number of carbonyl (C=O) groups is 1. The van der Waals surface area contributed by atoms with Gasteiger partial charge in [0, 0.05) is 17.7 Å². The van der Waals surface area contributed by atoms with Gasteiger partial charge in [0.05, 0.1) is 29.3 Å². The summed E-state index contributed by atoms with van der Waals surface area (Å²) in [4.78, 5) is 12.6. The first kappa shape index (κ1) is 18.6. The fourth-order valence-corrected chi connectivity index (χ4v) is 2.41. The number of carbonyl (C=O) groups excluding carboxylic acids is 1. The lowest BCUT2D eigenvalue weighted by atomic mass is 10.0. The fraction of sp³-hybridized carbons (Fsp3) is 0.278. The fourth-order valence-electron chi connectivity index (χ4n) is 2.12. The smallest absolute Gasteiger partial charge is 0.193 e. The molecule has 2 rings (SSSR count). The van der Waals surface area contributed by atoms with E-state index in [1.807, 2.05) is 6.92 Å². The standard InChI is InChI=1S/C18H19Cl2NO3/c1-2-24-15-6-3-12(4-7-15)18(23)13-5-8-16(20)17(9-13)21-11-14(22)10-19/h3-9,14,21-22H,2,10-11H2,1H3. The molecular weight excluding hydrogens is 349 g/mol. The van der Waals surface area contributed by atoms with E-state index >= 15 is 0 Å². The molecule has 6 heteroatoms. The van der Waals surface area contributed by atoms with E-state index in [1.165, 1.54) is 0 Å². The number of rotatable bonds is 8. The topological polar surface area (TPSA) is 58.6 Å². The van der Waals surface area contributed by atoms with Crippen molar-refractivity contribution in [1.82, 2.24) is 0 Å². The summed E-state index contributed by atoms with van der Waals surface area (Å²) >= 11 is 11.7. The summed E-state index contributed by atoms with van der Waals surface area (Å²) in [5.41, 5.74) is 1.65. The Morgan fingerprint density at radius 2 is 1.88 bits per heavy atom. The molecule has 2 aromatic rings. The maximum atomic E-state index is 12.6. The van der Waals surface area contributed by atoms with Crippen molar-refractivity contribution in [2.45, 2.75) is 13.0 Å². The molecule has 2 N–H and O–H groups in total. The Labute approximate surface area is 151 Å². The number of hydrogen-bond acceptors (Lipinski definition) is 4. The molecule has 2 aromatic carbocycles. The molecule has 4 nitrogen and oxygen atoms in total. The molecule has 0 heterocycles. The molecule has 0 amide bonds. The first-order valence-electron chi connectivity index (χ1n) is 7.60. The molecule has 128 valence electrons. The largest absolute Gasteiger partial charge is 0.494 e. The van der Waals surface area contributed by atoms with Gasteiger partial charge in [-0.2, -0.15) is 0 Å². The van der Waals surface area contributed by atoms with E-state index in [2.05, 4.69) is 5.32 Å². The minimum atomic E-state index is -0.687. The van der Waals surface area contributed by atoms with Crippen LogP contribution in [0.2, 0.25) is 5.02 Å². The molecule has 1 unspecified atom stereocenters. The molecule has 0 spiro atoms. The summed E-state index contributed by atoms with van der Waals surface area (Å²) in [6.45, 7) is 2.74. The van der Waals surface area contributed by atoms with Gasteiger partial charge in [-0.1, -0.05) is 11.6 Å². The molecule has 0 radical (unpaired) electrons. The lowest BCUT2D eigenvalue weighted by Crippen LogP contribution is -2.21. The van der Waals surface area contributed by atoms with E-state index in [-0.39, 0.29) is 18.2 Å². The SMILES string of the molecule is CCOc1ccc(C(=O)c2ccc(Cl)c(NCC(O)CCl)c2)cc1. The van der Waals surface area contributed by atoms with Gasteiger partial charge in [-0.25, -0.2) is 0 Å². The molecule has 0 fully saturated rings. The Balaban J connectivity index is 2.16. The summed E-state index contributed by atoms with van der Waals surface area (Å²) in [5, 5.41) is 13.0. The third-order valence-electron chi connectivity index (χ3n) is 3.36. The van der Waals surface area contributed by atoms with Crippen LogP contribution in [0.15, 0.2) is 42.5 Å². The van der Waals surface area contributed by atoms with Crippen molar-refractivity contribution < 1.29 is 14.6 Å². The molecule has 0 aromatic heterocycles. The van der Waals surface area contributed by atoms with Crippen molar-refractivity contribution in [1.29, 1.82) is 0 Å². The molecular formula is C18H19Cl2NO3. The van der Waals surface area contributed by atoms with Crippen molar-refractivity contribution in [2.24, 2.45) is 0 Å². The first-order valence-corrected chi connectivity index (χ1v) is 8.51. The number of hydrogen-bond donors (Lipinski definition) is 2. The molecule has 1 atom stereocenters. The lowest BCUT2D eigenvalue weighted by molar-refractivity contribution is 0.103. The van der Waals surface area contributed by atoms with E-state index in [0.717, 1.165) is 5.75 Å². The number of aliphatic hydroxyl groups is 1. The Hall–Kier alpha value is -1.75. The predicted molar refractivity (Wildman–Crippen MR) is 97.7 cm³/mol. The van der Waals surface area contributed by atoms with E-state index in [0.29, 0.717) is 28.4 Å². The van der Waals surface area contributed by atoms with Crippen LogP contribution in [0.1, 0.15) is 22.8 Å². The van der Waals surface area contributed by atoms with Crippen LogP contribution in [0.5, 0.6) is 5.75 Å². The van der Waals surface area contributed by atoms with Crippen LogP contribution in [0.3, 0.4) is 0 Å². The average Bonchev–Trinajstić information content (AvgIpc) is 2.61. The molecule has 0 aliphatic carbocycles. The number of aliphatic hydroxyl groups excluding tert-OH is 1. The molecule has 0 aliphatic rings. The Kier molecular flexibility index (Phi) is 6.91. The van der Waals surface area contributed by atoms with Crippen molar-refractivity contribution in [3.05, 3.63) is 58.6 Å². The van der Waals surface area contributed by atoms with Crippen LogP contribution >= 0.6 is 23.2 Å². The van der Waals surface area contributed by atoms with E-state index in [1.54, 1.807) is 42.5 Å². The van der Waals surface area contributed by atoms with Crippen molar-refractivity contribution in [2.75, 3.05) is 24.3 Å². The zero-order valence-electron chi connectivity index (χ0n) is 13.3. The maximum absolute atomic E-state index is 12.6. The van der Waals surface area contributed by atoms with Crippen LogP contribution in [0, 0.1) is 0 Å². The number of ether oxygens (including phenoxy) is 1. The summed E-state index contributed by atoms with van der Waals surface area (Å²) in [5.74, 6) is 0.730. The van der Waals surface area contributed by atoms with E-state index in [4.69, 9.17) is 27.9 Å². The van der Waals surface area contributed by atoms with Crippen LogP contribution in [0.25, 0.3) is 0 Å². The monoisotopic (exact) mass is 367 g/mol. The van der Waals surface area contributed by atoms with Crippen LogP contribution in [-0.4, -0.2) is 36.0 Å². The van der Waals surface area contributed by atoms with Crippen LogP contribution in [-0.2, 0) is 0 Å². The van der Waals surface area contributed by atoms with Crippen molar-refractivity contribution >= 4 is 34.7 Å². The summed E-state index contributed by atoms with van der Waals surface area (Å²) in [6.07, 6.45) is -0.687. The molecule has 24 heavy (non-hydrogen) atoms. The first-order chi connectivity index (χ1) is 11.5. The summed E-state index contributed by atoms with van der Waals surface area (Å²) < 4.78 is 5.37. The minimum absolute atomic E-state index is 0.115. The molecule has 0 bridgehead atoms. The Morgan fingerprint density at radius 1 is 1.21 bits per heavy atom. The van der Waals surface area contributed by atoms with Gasteiger partial charge < -0.3 is 15.2 Å². The van der Waals surface area contributed by atoms with E-state index < -0.39 is 6.10 Å². The third-order valence-corrected chi connectivity index (χ3v) is 4.05. The number of nitrogens with one attached hydrogen (secondary N) is 1. The highest BCUT2D eigenvalue weighted by Gasteiger charge is 2.12. The van der Waals surface area contributed by atoms with Gasteiger partial charge in [-0.15, -0.1) is 11.6 Å². The normalized spacial score (nSPS) is 11.8. The van der Waals surface area contributed by atoms with Gasteiger partial charge in [-0.3, -0.25) is 4.79 Å². The zero-order valence-corrected chi connectivity index (χ0v) is 14.8. The van der Waals surface area contributed by atoms with Crippen molar-refractivity contribution in [3.8, 4) is 5.75 Å². The van der Waals surface area contributed by atoms with Gasteiger partial charge >= 0.3 is 0 Å². The summed E-state index contributed by atoms with van der Waals surface area (Å²) in [6, 6.07) is 12.0. The number of benzene rings is 2. The quantitative estimate of drug-likeness (QED) is 0.547. The highest BCUT2D eigenvalue weighted by molar-refractivity contribution is 6.33. The predicted octanol–water partition coefficient (Wildman–Crippen LogP) is 3.98. The zero-order chi connectivity index (χ0) is 17.5. The second-order valence-corrected chi connectivity index (χ2v) is 5.89. The number of ketones is 1. The highest BCUT2D eigenvalue weighted by atomic mass is 35.5. The minimum Gasteiger partial charge on any atom is -0.494 e. The Morgan fingerprint density at radius 3 is 2.50 bits per heavy atom. The van der Waals surface area contributed by atoms with Crippen LogP contribution in [0.4, 0.5) is 5.69 Å². The molecule has 0 saturated carbocycles. The van der Waals surface area contributed by atoms with Gasteiger partial charge in [0.25, 0.3) is 0 Å². The highest BCUT2D eigenvalue weighted by Crippen LogP contribution is 2.25. The average molecular weight is 368 g/mol. The number of halogens is 2. The molecule has 0 aliphatic heterocycles. The number of alkyl halides is 1. The maximum Gasteiger partial charge on any atom is 0.193 e. The van der Waals surface area contributed by atoms with Crippen LogP contribution < -0.4 is 10.1 Å². The van der Waals surface area contributed by atoms with Gasteiger partial charge in [0.1, 0.15) is 5.75 Å². The molecule has 0 saturated heterocycles.